The molecule has 3 aliphatic rings. The third-order valence-electron chi connectivity index (χ3n) is 7.44. The average Bonchev–Trinajstić information content (AvgIpc) is 3.23. The molecule has 1 aliphatic heterocycles. The van der Waals surface area contributed by atoms with E-state index in [0.717, 1.165) is 19.5 Å². The Morgan fingerprint density at radius 2 is 1.94 bits per heavy atom. The molecule has 174 valence electrons. The second-order valence-corrected chi connectivity index (χ2v) is 9.60. The van der Waals surface area contributed by atoms with Gasteiger partial charge in [0.05, 0.1) is 11.8 Å². The maximum absolute atomic E-state index is 12.7. The van der Waals surface area contributed by atoms with E-state index in [1.165, 1.54) is 24.6 Å². The van der Waals surface area contributed by atoms with Crippen molar-refractivity contribution in [2.24, 2.45) is 11.8 Å². The quantitative estimate of drug-likeness (QED) is 0.693. The van der Waals surface area contributed by atoms with Crippen molar-refractivity contribution in [3.8, 4) is 17.0 Å². The average molecular weight is 448 g/mol. The Hall–Kier alpha value is -2.26. The van der Waals surface area contributed by atoms with Crippen molar-refractivity contribution in [2.75, 3.05) is 25.9 Å². The highest BCUT2D eigenvalue weighted by molar-refractivity contribution is 5.64. The smallest absolute Gasteiger partial charge is 0.387 e. The van der Waals surface area contributed by atoms with Gasteiger partial charge in [-0.05, 0) is 57.1 Å². The van der Waals surface area contributed by atoms with E-state index in [2.05, 4.69) is 39.2 Å². The number of pyridine rings is 1. The number of nitrogen functional groups attached to an aromatic ring is 1. The molecule has 0 radical (unpaired) electrons. The first kappa shape index (κ1) is 21.6. The number of ether oxygens (including phenoxy) is 2. The number of fused-ring (bicyclic) bond motifs is 1. The maximum atomic E-state index is 12.7. The second-order valence-electron chi connectivity index (χ2n) is 9.60. The third kappa shape index (κ3) is 3.85. The fourth-order valence-electron chi connectivity index (χ4n) is 5.83. The monoisotopic (exact) mass is 447 g/mol. The lowest BCUT2D eigenvalue weighted by Gasteiger charge is -2.26. The number of likely N-dealkylation sites (tertiary alicyclic amines) is 1. The highest BCUT2D eigenvalue weighted by atomic mass is 19.3. The number of hydrogen-bond acceptors (Lipinski definition) is 6. The van der Waals surface area contributed by atoms with E-state index in [4.69, 9.17) is 15.6 Å². The number of alkyl halides is 2. The van der Waals surface area contributed by atoms with Gasteiger partial charge < -0.3 is 15.2 Å². The lowest BCUT2D eigenvalue weighted by Crippen LogP contribution is -2.33. The molecule has 5 atom stereocenters. The summed E-state index contributed by atoms with van der Waals surface area (Å²) in [6.45, 7) is 3.46. The van der Waals surface area contributed by atoms with Crippen LogP contribution in [0.25, 0.3) is 11.3 Å². The minimum absolute atomic E-state index is 0.0574. The molecule has 2 aromatic heterocycles. The van der Waals surface area contributed by atoms with Gasteiger partial charge in [-0.3, -0.25) is 9.58 Å². The fraction of sp³-hybridized carbons (Fsp3) is 0.652. The molecular weight excluding hydrogens is 416 g/mol. The molecule has 0 amide bonds. The lowest BCUT2D eigenvalue weighted by molar-refractivity contribution is -0.0494. The van der Waals surface area contributed by atoms with E-state index in [-0.39, 0.29) is 17.6 Å². The Morgan fingerprint density at radius 3 is 2.56 bits per heavy atom. The topological polar surface area (TPSA) is 78.4 Å². The molecule has 7 nitrogen and oxygen atoms in total. The number of nitrogens with zero attached hydrogens (tertiary/aromatic N) is 4. The summed E-state index contributed by atoms with van der Waals surface area (Å²) in [6, 6.07) is 4.45. The molecule has 1 unspecified atom stereocenters. The van der Waals surface area contributed by atoms with Gasteiger partial charge in [0.1, 0.15) is 0 Å². The van der Waals surface area contributed by atoms with Crippen molar-refractivity contribution < 1.29 is 18.3 Å². The third-order valence-corrected chi connectivity index (χ3v) is 7.44. The molecule has 3 heterocycles. The van der Waals surface area contributed by atoms with Gasteiger partial charge >= 0.3 is 6.61 Å². The first-order chi connectivity index (χ1) is 15.4. The Labute approximate surface area is 186 Å². The van der Waals surface area contributed by atoms with Gasteiger partial charge in [0.2, 0.25) is 0 Å². The van der Waals surface area contributed by atoms with E-state index in [1.54, 1.807) is 13.3 Å². The molecule has 2 saturated carbocycles. The summed E-state index contributed by atoms with van der Waals surface area (Å²) < 4.78 is 37.5. The van der Waals surface area contributed by atoms with Gasteiger partial charge in [-0.25, -0.2) is 4.98 Å². The number of hydrogen-bond donors (Lipinski definition) is 1. The molecule has 3 fully saturated rings. The van der Waals surface area contributed by atoms with Crippen LogP contribution in [0.3, 0.4) is 0 Å². The van der Waals surface area contributed by atoms with Crippen molar-refractivity contribution in [3.05, 3.63) is 24.0 Å². The van der Waals surface area contributed by atoms with Gasteiger partial charge in [-0.1, -0.05) is 0 Å². The normalized spacial score (nSPS) is 29.8. The molecule has 2 aromatic rings. The largest absolute Gasteiger partial charge is 0.431 e. The van der Waals surface area contributed by atoms with Gasteiger partial charge in [0.25, 0.3) is 0 Å². The van der Waals surface area contributed by atoms with Gasteiger partial charge in [-0.15, -0.1) is 0 Å². The van der Waals surface area contributed by atoms with Crippen LogP contribution in [0.4, 0.5) is 14.6 Å². The zero-order valence-electron chi connectivity index (χ0n) is 18.7. The Morgan fingerprint density at radius 1 is 1.19 bits per heavy atom. The van der Waals surface area contributed by atoms with Crippen LogP contribution in [0.5, 0.6) is 5.75 Å². The summed E-state index contributed by atoms with van der Waals surface area (Å²) >= 11 is 0. The van der Waals surface area contributed by atoms with E-state index in [1.807, 2.05) is 0 Å². The molecule has 1 saturated heterocycles. The molecule has 32 heavy (non-hydrogen) atoms. The Balaban J connectivity index is 1.34. The second kappa shape index (κ2) is 8.26. The summed E-state index contributed by atoms with van der Waals surface area (Å²) in [4.78, 5) is 6.64. The van der Waals surface area contributed by atoms with Crippen LogP contribution >= 0.6 is 0 Å². The zero-order valence-corrected chi connectivity index (χ0v) is 18.7. The van der Waals surface area contributed by atoms with Gasteiger partial charge in [0.15, 0.2) is 11.6 Å². The predicted molar refractivity (Wildman–Crippen MR) is 117 cm³/mol. The van der Waals surface area contributed by atoms with Gasteiger partial charge in [0, 0.05) is 55.7 Å². The van der Waals surface area contributed by atoms with Crippen molar-refractivity contribution in [3.63, 3.8) is 0 Å². The Bertz CT molecular complexity index is 969. The first-order valence-corrected chi connectivity index (χ1v) is 11.4. The van der Waals surface area contributed by atoms with E-state index in [0.29, 0.717) is 41.2 Å². The maximum Gasteiger partial charge on any atom is 0.387 e. The van der Waals surface area contributed by atoms with Crippen LogP contribution in [0.2, 0.25) is 0 Å². The van der Waals surface area contributed by atoms with Crippen LogP contribution in [-0.4, -0.2) is 58.6 Å². The van der Waals surface area contributed by atoms with Crippen LogP contribution in [-0.2, 0) is 4.74 Å². The number of halogens is 2. The highest BCUT2D eigenvalue weighted by Crippen LogP contribution is 2.64. The number of methoxy groups -OCH3 is 1. The van der Waals surface area contributed by atoms with Crippen LogP contribution in [0, 0.1) is 11.8 Å². The van der Waals surface area contributed by atoms with E-state index < -0.39 is 6.61 Å². The van der Waals surface area contributed by atoms with Crippen LogP contribution in [0.1, 0.15) is 50.8 Å². The number of anilines is 1. The SMILES string of the molecule is CO[C@H]1CCN(C2C[C@@H]3[C@H](C2)[C@H]3c2cc(-c3cnc(N)c(OC(F)F)c3)nn2C(C)C)C1. The molecule has 2 aliphatic carbocycles. The van der Waals surface area contributed by atoms with E-state index >= 15 is 0 Å². The summed E-state index contributed by atoms with van der Waals surface area (Å²) in [7, 11) is 1.81. The summed E-state index contributed by atoms with van der Waals surface area (Å²) in [5.41, 5.74) is 8.26. The highest BCUT2D eigenvalue weighted by Gasteiger charge is 2.59. The molecule has 9 heteroatoms. The van der Waals surface area contributed by atoms with Crippen molar-refractivity contribution >= 4 is 5.82 Å². The van der Waals surface area contributed by atoms with Crippen molar-refractivity contribution in [1.82, 2.24) is 19.7 Å². The molecule has 5 rings (SSSR count). The molecular formula is C23H31F2N5O2. The fourth-order valence-corrected chi connectivity index (χ4v) is 5.83. The molecule has 0 aromatic carbocycles. The number of nitrogens with two attached hydrogens (primary N) is 1. The lowest BCUT2D eigenvalue weighted by atomic mass is 10.0. The minimum atomic E-state index is -2.95. The van der Waals surface area contributed by atoms with Gasteiger partial charge in [-0.2, -0.15) is 13.9 Å². The standard InChI is InChI=1S/C23H31F2N5O2/c1-12(2)30-19(9-18(28-30)13-6-20(32-23(24)25)22(26)27-10-13)21-16-7-14(8-17(16)21)29-5-4-15(11-29)31-3/h6,9-10,12,14-17,21,23H,4-5,7-8,11H2,1-3H3,(H2,26,27)/t14?,15-,16-,17+,21+/m0/s1. The summed E-state index contributed by atoms with van der Waals surface area (Å²) in [6.07, 6.45) is 5.51. The summed E-state index contributed by atoms with van der Waals surface area (Å²) in [5, 5.41) is 4.80. The predicted octanol–water partition coefficient (Wildman–Crippen LogP) is 3.92. The molecule has 0 spiro atoms. The van der Waals surface area contributed by atoms with Crippen molar-refractivity contribution in [1.29, 1.82) is 0 Å². The molecule has 0 bridgehead atoms. The first-order valence-electron chi connectivity index (χ1n) is 11.4. The number of rotatable bonds is 7. The van der Waals surface area contributed by atoms with Crippen molar-refractivity contribution in [2.45, 2.75) is 63.8 Å². The van der Waals surface area contributed by atoms with E-state index in [9.17, 15) is 8.78 Å². The van der Waals surface area contributed by atoms with Crippen LogP contribution < -0.4 is 10.5 Å². The summed E-state index contributed by atoms with van der Waals surface area (Å²) in [5.74, 6) is 1.70. The molecule has 2 N–H and O–H groups in total. The van der Waals surface area contributed by atoms with Crippen LogP contribution in [0.15, 0.2) is 18.3 Å². The zero-order chi connectivity index (χ0) is 22.6. The number of aromatic nitrogens is 3. The Kier molecular flexibility index (Phi) is 5.57. The minimum Gasteiger partial charge on any atom is -0.431 e.